The lowest BCUT2D eigenvalue weighted by Gasteiger charge is -2.33. The Kier molecular flexibility index (Phi) is 10.9. The van der Waals surface area contributed by atoms with Gasteiger partial charge >= 0.3 is 6.09 Å². The number of benzene rings is 2. The van der Waals surface area contributed by atoms with Crippen LogP contribution in [0.25, 0.3) is 0 Å². The minimum atomic E-state index is -0.321. The van der Waals surface area contributed by atoms with Crippen molar-refractivity contribution in [3.8, 4) is 17.2 Å². The predicted octanol–water partition coefficient (Wildman–Crippen LogP) is 4.77. The Morgan fingerprint density at radius 1 is 0.951 bits per heavy atom. The highest BCUT2D eigenvalue weighted by Gasteiger charge is 2.39. The highest BCUT2D eigenvalue weighted by Crippen LogP contribution is 2.32. The van der Waals surface area contributed by atoms with Crippen molar-refractivity contribution >= 4 is 12.0 Å². The molecule has 9 nitrogen and oxygen atoms in total. The third kappa shape index (κ3) is 8.36. The Morgan fingerprint density at radius 2 is 1.63 bits per heavy atom. The zero-order valence-electron chi connectivity index (χ0n) is 25.1. The van der Waals surface area contributed by atoms with E-state index in [1.807, 2.05) is 48.8 Å². The lowest BCUT2D eigenvalue weighted by atomic mass is 9.94. The van der Waals surface area contributed by atoms with Crippen LogP contribution in [0.15, 0.2) is 42.5 Å². The van der Waals surface area contributed by atoms with Gasteiger partial charge in [-0.3, -0.25) is 4.79 Å². The van der Waals surface area contributed by atoms with Crippen molar-refractivity contribution in [2.24, 2.45) is 11.8 Å². The van der Waals surface area contributed by atoms with Crippen molar-refractivity contribution in [1.82, 2.24) is 15.1 Å². The van der Waals surface area contributed by atoms with Crippen molar-refractivity contribution in [2.75, 3.05) is 53.6 Å². The van der Waals surface area contributed by atoms with Gasteiger partial charge in [0.1, 0.15) is 17.2 Å². The molecule has 0 bridgehead atoms. The Bertz CT molecular complexity index is 1150. The van der Waals surface area contributed by atoms with Crippen LogP contribution >= 0.6 is 0 Å². The minimum Gasteiger partial charge on any atom is -0.497 e. The van der Waals surface area contributed by atoms with Crippen LogP contribution in [-0.2, 0) is 4.74 Å². The van der Waals surface area contributed by atoms with Gasteiger partial charge in [-0.15, -0.1) is 0 Å². The third-order valence-corrected chi connectivity index (χ3v) is 7.90. The number of amides is 2. The van der Waals surface area contributed by atoms with Crippen molar-refractivity contribution in [3.63, 3.8) is 0 Å². The third-order valence-electron chi connectivity index (χ3n) is 7.90. The average Bonchev–Trinajstić information content (AvgIpc) is 3.71. The molecule has 2 aromatic rings. The molecule has 1 N–H and O–H groups in total. The van der Waals surface area contributed by atoms with Gasteiger partial charge in [-0.25, -0.2) is 4.79 Å². The van der Waals surface area contributed by atoms with Crippen molar-refractivity contribution in [3.05, 3.63) is 53.6 Å². The maximum atomic E-state index is 13.8. The quantitative estimate of drug-likeness (QED) is 0.329. The molecule has 0 spiro atoms. The number of methoxy groups -OCH3 is 2. The van der Waals surface area contributed by atoms with E-state index in [1.165, 1.54) is 0 Å². The predicted molar refractivity (Wildman–Crippen MR) is 158 cm³/mol. The Hall–Kier alpha value is -3.30. The summed E-state index contributed by atoms with van der Waals surface area (Å²) in [7, 11) is 3.28. The molecule has 1 aliphatic heterocycles. The standard InChI is InChI=1S/C32H45N3O6/c1-22(2)34(31(36)24-8-7-23(3)30(17-24)40-16-6-15-38-4)20-25-18-33-19-26(25)21-35(27-9-10-27)32(37)41-29-13-11-28(39-5)12-14-29/h7-8,11-14,17,22,25-27,33H,6,9-10,15-16,18-21H2,1-5H3/t25-,26-/m0/s1. The highest BCUT2D eigenvalue weighted by atomic mass is 16.6. The fraction of sp³-hybridized carbons (Fsp3) is 0.562. The SMILES string of the molecule is COCCCOc1cc(C(=O)N(C[C@@H]2CNC[C@H]2CN(C(=O)Oc2ccc(OC)cc2)C2CC2)C(C)C)ccc1C. The second kappa shape index (κ2) is 14.5. The Balaban J connectivity index is 1.41. The Labute approximate surface area is 244 Å². The molecule has 1 saturated heterocycles. The number of hydrogen-bond donors (Lipinski definition) is 1. The minimum absolute atomic E-state index is 0.00893. The van der Waals surface area contributed by atoms with Gasteiger partial charge in [0.2, 0.25) is 0 Å². The lowest BCUT2D eigenvalue weighted by Crippen LogP contribution is -2.45. The number of carbonyl (C=O) groups excluding carboxylic acids is 2. The Morgan fingerprint density at radius 3 is 2.27 bits per heavy atom. The first kappa shape index (κ1) is 30.7. The molecule has 1 heterocycles. The first-order valence-corrected chi connectivity index (χ1v) is 14.7. The monoisotopic (exact) mass is 567 g/mol. The molecule has 4 rings (SSSR count). The maximum absolute atomic E-state index is 13.8. The van der Waals surface area contributed by atoms with Gasteiger partial charge in [0.05, 0.1) is 13.7 Å². The summed E-state index contributed by atoms with van der Waals surface area (Å²) in [6, 6.07) is 13.0. The molecular formula is C32H45N3O6. The van der Waals surface area contributed by atoms with Gasteiger partial charge in [-0.05, 0) is 87.4 Å². The van der Waals surface area contributed by atoms with E-state index in [0.29, 0.717) is 43.4 Å². The number of nitrogens with zero attached hydrogens (tertiary/aromatic N) is 2. The van der Waals surface area contributed by atoms with E-state index in [9.17, 15) is 9.59 Å². The van der Waals surface area contributed by atoms with E-state index in [4.69, 9.17) is 18.9 Å². The van der Waals surface area contributed by atoms with E-state index < -0.39 is 0 Å². The van der Waals surface area contributed by atoms with Crippen LogP contribution in [0.4, 0.5) is 4.79 Å². The smallest absolute Gasteiger partial charge is 0.415 e. The van der Waals surface area contributed by atoms with Gasteiger partial charge in [0.25, 0.3) is 5.91 Å². The fourth-order valence-corrected chi connectivity index (χ4v) is 5.25. The van der Waals surface area contributed by atoms with Crippen molar-refractivity contribution < 1.29 is 28.5 Å². The number of nitrogens with one attached hydrogen (secondary N) is 1. The number of rotatable bonds is 14. The molecule has 1 aliphatic carbocycles. The number of aryl methyl sites for hydroxylation is 1. The number of carbonyl (C=O) groups is 2. The summed E-state index contributed by atoms with van der Waals surface area (Å²) >= 11 is 0. The zero-order valence-corrected chi connectivity index (χ0v) is 25.1. The molecule has 41 heavy (non-hydrogen) atoms. The molecule has 0 radical (unpaired) electrons. The zero-order chi connectivity index (χ0) is 29.4. The summed E-state index contributed by atoms with van der Waals surface area (Å²) in [6.45, 7) is 10.1. The molecule has 9 heteroatoms. The molecule has 2 amide bonds. The molecule has 2 aromatic carbocycles. The van der Waals surface area contributed by atoms with Crippen molar-refractivity contribution in [2.45, 2.75) is 52.1 Å². The second-order valence-corrected chi connectivity index (χ2v) is 11.3. The van der Waals surface area contributed by atoms with Gasteiger partial charge in [-0.1, -0.05) is 6.07 Å². The molecule has 2 atom stereocenters. The summed E-state index contributed by atoms with van der Waals surface area (Å²) in [5.41, 5.74) is 1.62. The summed E-state index contributed by atoms with van der Waals surface area (Å²) < 4.78 is 22.0. The first-order valence-electron chi connectivity index (χ1n) is 14.7. The number of hydrogen-bond acceptors (Lipinski definition) is 7. The summed E-state index contributed by atoms with van der Waals surface area (Å²) in [5.74, 6) is 2.36. The van der Waals surface area contributed by atoms with Gasteiger partial charge < -0.3 is 34.1 Å². The molecule has 0 unspecified atom stereocenters. The lowest BCUT2D eigenvalue weighted by molar-refractivity contribution is 0.0648. The largest absolute Gasteiger partial charge is 0.497 e. The first-order chi connectivity index (χ1) is 19.8. The van der Waals surface area contributed by atoms with Crippen LogP contribution in [0.1, 0.15) is 49.0 Å². The number of ether oxygens (including phenoxy) is 4. The second-order valence-electron chi connectivity index (χ2n) is 11.3. The van der Waals surface area contributed by atoms with E-state index >= 15 is 0 Å². The van der Waals surface area contributed by atoms with Crippen LogP contribution in [0, 0.1) is 18.8 Å². The highest BCUT2D eigenvalue weighted by molar-refractivity contribution is 5.95. The van der Waals surface area contributed by atoms with E-state index in [-0.39, 0.29) is 35.9 Å². The molecule has 2 fully saturated rings. The molecular weight excluding hydrogens is 522 g/mol. The summed E-state index contributed by atoms with van der Waals surface area (Å²) in [4.78, 5) is 30.8. The van der Waals surface area contributed by atoms with Crippen LogP contribution < -0.4 is 19.5 Å². The van der Waals surface area contributed by atoms with Crippen LogP contribution in [0.5, 0.6) is 17.2 Å². The van der Waals surface area contributed by atoms with Crippen molar-refractivity contribution in [1.29, 1.82) is 0 Å². The molecule has 2 aliphatic rings. The van der Waals surface area contributed by atoms with Gasteiger partial charge in [0.15, 0.2) is 0 Å². The van der Waals surface area contributed by atoms with Crippen LogP contribution in [0.2, 0.25) is 0 Å². The van der Waals surface area contributed by atoms with E-state index in [1.54, 1.807) is 38.5 Å². The topological polar surface area (TPSA) is 89.6 Å². The molecule has 0 aromatic heterocycles. The van der Waals surface area contributed by atoms with Gasteiger partial charge in [0, 0.05) is 64.0 Å². The van der Waals surface area contributed by atoms with Gasteiger partial charge in [-0.2, -0.15) is 0 Å². The molecule has 224 valence electrons. The van der Waals surface area contributed by atoms with E-state index in [0.717, 1.165) is 43.7 Å². The normalized spacial score (nSPS) is 18.3. The fourth-order valence-electron chi connectivity index (χ4n) is 5.25. The van der Waals surface area contributed by atoms with Crippen LogP contribution in [-0.4, -0.2) is 87.5 Å². The average molecular weight is 568 g/mol. The van der Waals surface area contributed by atoms with E-state index in [2.05, 4.69) is 5.32 Å². The maximum Gasteiger partial charge on any atom is 0.415 e. The summed E-state index contributed by atoms with van der Waals surface area (Å²) in [5, 5.41) is 3.50. The summed E-state index contributed by atoms with van der Waals surface area (Å²) in [6.07, 6.45) is 2.44. The van der Waals surface area contributed by atoms with Crippen LogP contribution in [0.3, 0.4) is 0 Å². The molecule has 1 saturated carbocycles.